The average molecular weight is 1040 g/mol. The minimum atomic E-state index is -1.49. The number of carboxylic acid groups (broad SMARTS) is 5. The number of urea groups is 1. The molecule has 0 aromatic heterocycles. The van der Waals surface area contributed by atoms with Crippen LogP contribution in [0, 0.1) is 11.8 Å². The molecule has 1 aliphatic heterocycles. The molecule has 0 unspecified atom stereocenters. The third-order valence-electron chi connectivity index (χ3n) is 13.0. The van der Waals surface area contributed by atoms with Crippen LogP contribution in [0.15, 0.2) is 42.5 Å². The molecule has 4 rings (SSSR count). The molecule has 2 aromatic carbocycles. The van der Waals surface area contributed by atoms with Gasteiger partial charge in [0.1, 0.15) is 12.1 Å². The number of nitrogens with zero attached hydrogens (tertiary/aromatic N) is 4. The van der Waals surface area contributed by atoms with Crippen molar-refractivity contribution in [3.8, 4) is 0 Å². The lowest BCUT2D eigenvalue weighted by Crippen LogP contribution is -2.50. The van der Waals surface area contributed by atoms with Gasteiger partial charge in [-0.1, -0.05) is 42.5 Å². The van der Waals surface area contributed by atoms with Crippen molar-refractivity contribution < 1.29 is 78.2 Å². The van der Waals surface area contributed by atoms with Crippen LogP contribution in [-0.4, -0.2) is 215 Å². The summed E-state index contributed by atoms with van der Waals surface area (Å²) in [6.45, 7) is 1.96. The number of hydrogen-bond donors (Lipinski definition) is 10. The second-order valence-electron chi connectivity index (χ2n) is 18.7. The maximum atomic E-state index is 13.8. The van der Waals surface area contributed by atoms with E-state index in [1.807, 2.05) is 47.4 Å². The van der Waals surface area contributed by atoms with Gasteiger partial charge in [0.25, 0.3) is 6.47 Å². The maximum Gasteiger partial charge on any atom is 0.326 e. The van der Waals surface area contributed by atoms with Crippen molar-refractivity contribution in [1.82, 2.24) is 46.2 Å². The molecule has 10 N–H and O–H groups in total. The first-order valence-electron chi connectivity index (χ1n) is 24.8. The Labute approximate surface area is 428 Å². The predicted molar refractivity (Wildman–Crippen MR) is 264 cm³/mol. The second-order valence-corrected chi connectivity index (χ2v) is 18.7. The van der Waals surface area contributed by atoms with Crippen LogP contribution < -0.4 is 26.6 Å². The van der Waals surface area contributed by atoms with E-state index < -0.39 is 72.4 Å². The first-order chi connectivity index (χ1) is 35.4. The normalized spacial score (nSPS) is 18.7. The number of unbranched alkanes of at least 4 members (excludes halogenated alkanes) is 1. The van der Waals surface area contributed by atoms with E-state index in [0.29, 0.717) is 58.2 Å². The molecule has 1 aliphatic carbocycles. The molecule has 0 spiro atoms. The summed E-state index contributed by atoms with van der Waals surface area (Å²) >= 11 is 0. The number of aliphatic carboxylic acids is 5. The highest BCUT2D eigenvalue weighted by Gasteiger charge is 2.31. The number of benzene rings is 2. The van der Waals surface area contributed by atoms with Crippen LogP contribution in [0.3, 0.4) is 0 Å². The summed E-state index contributed by atoms with van der Waals surface area (Å²) in [5, 5.41) is 62.0. The molecule has 5 amide bonds. The number of carbonyl (C=O) groups excluding carboxylic acids is 5. The molecule has 0 radical (unpaired) electrons. The Morgan fingerprint density at radius 3 is 1.69 bits per heavy atom. The molecule has 25 heteroatoms. The number of carbonyl (C=O) groups is 10. The molecule has 2 aliphatic rings. The van der Waals surface area contributed by atoms with E-state index in [4.69, 9.17) is 9.84 Å². The van der Waals surface area contributed by atoms with Gasteiger partial charge in [0.15, 0.2) is 6.23 Å². The van der Waals surface area contributed by atoms with Crippen LogP contribution in [0.1, 0.15) is 63.4 Å². The van der Waals surface area contributed by atoms with E-state index in [9.17, 15) is 68.4 Å². The monoisotopic (exact) mass is 1040 g/mol. The van der Waals surface area contributed by atoms with E-state index in [0.717, 1.165) is 16.3 Å². The first-order valence-corrected chi connectivity index (χ1v) is 24.8. The fraction of sp³-hybridized carbons (Fsp3) is 0.592. The highest BCUT2D eigenvalue weighted by atomic mass is 16.5. The third kappa shape index (κ3) is 22.9. The maximum absolute atomic E-state index is 13.8. The van der Waals surface area contributed by atoms with Crippen molar-refractivity contribution in [2.24, 2.45) is 11.8 Å². The van der Waals surface area contributed by atoms with Gasteiger partial charge in [-0.25, -0.2) is 9.59 Å². The second kappa shape index (κ2) is 31.6. The average Bonchev–Trinajstić information content (AvgIpc) is 3.34. The zero-order chi connectivity index (χ0) is 54.0. The Morgan fingerprint density at radius 2 is 1.16 bits per heavy atom. The molecular weight excluding hydrogens is 971 g/mol. The van der Waals surface area contributed by atoms with Crippen molar-refractivity contribution in [2.75, 3.05) is 91.6 Å². The van der Waals surface area contributed by atoms with Gasteiger partial charge in [0.05, 0.1) is 26.2 Å². The van der Waals surface area contributed by atoms with Crippen LogP contribution in [0.25, 0.3) is 10.8 Å². The van der Waals surface area contributed by atoms with Crippen LogP contribution in [0.2, 0.25) is 0 Å². The Morgan fingerprint density at radius 1 is 0.608 bits per heavy atom. The molecular formula is C49H71N9O16. The van der Waals surface area contributed by atoms with Crippen LogP contribution in [0.4, 0.5) is 4.79 Å². The van der Waals surface area contributed by atoms with Crippen molar-refractivity contribution in [3.05, 3.63) is 48.0 Å². The molecule has 1 saturated carbocycles. The molecule has 1 heterocycles. The molecule has 1 saturated heterocycles. The number of ether oxygens (including phenoxy) is 1. The topological polar surface area (TPSA) is 354 Å². The number of amides is 5. The molecule has 0 bridgehead atoms. The van der Waals surface area contributed by atoms with Gasteiger partial charge in [0, 0.05) is 90.6 Å². The summed E-state index contributed by atoms with van der Waals surface area (Å²) in [6, 6.07) is 10.1. The third-order valence-corrected chi connectivity index (χ3v) is 13.0. The van der Waals surface area contributed by atoms with E-state index in [1.54, 1.807) is 14.7 Å². The molecule has 408 valence electrons. The van der Waals surface area contributed by atoms with Crippen molar-refractivity contribution >= 4 is 70.8 Å². The fourth-order valence-electron chi connectivity index (χ4n) is 8.93. The Bertz CT molecular complexity index is 2200. The summed E-state index contributed by atoms with van der Waals surface area (Å²) in [7, 11) is 0. The summed E-state index contributed by atoms with van der Waals surface area (Å²) in [5.41, 5.74) is 0.821. The smallest absolute Gasteiger partial charge is 0.326 e. The van der Waals surface area contributed by atoms with E-state index in [1.165, 1.54) is 0 Å². The van der Waals surface area contributed by atoms with Gasteiger partial charge in [-0.15, -0.1) is 0 Å². The van der Waals surface area contributed by atoms with Gasteiger partial charge in [0.2, 0.25) is 17.7 Å². The molecule has 2 aromatic rings. The lowest BCUT2D eigenvalue weighted by Gasteiger charge is -2.33. The van der Waals surface area contributed by atoms with Crippen molar-refractivity contribution in [2.45, 2.75) is 82.5 Å². The van der Waals surface area contributed by atoms with Crippen LogP contribution >= 0.6 is 0 Å². The number of nitrogens with one attached hydrogen (secondary N) is 5. The summed E-state index contributed by atoms with van der Waals surface area (Å²) in [5.74, 6) is -7.12. The SMILES string of the molecule is O=CO[C@H](CCCCNC(=O)[C@H](Cc1ccc2ccccc2c1)NC(=O)[C@H]1CC[C@H](CNC(=O)CN2CCN(CC(=O)O)CCN(CC(=O)O)CCN(CC(=O)O)CC2)CC1)NC(=O)N[C@@H](CCC(=O)O)C(=O)O. The minimum absolute atomic E-state index is 0.0221. The zero-order valence-electron chi connectivity index (χ0n) is 41.5. The number of hydrogen-bond acceptors (Lipinski definition) is 15. The fourth-order valence-corrected chi connectivity index (χ4v) is 8.93. The van der Waals surface area contributed by atoms with Crippen molar-refractivity contribution in [3.63, 3.8) is 0 Å². The van der Waals surface area contributed by atoms with Crippen LogP contribution in [-0.2, 0) is 54.3 Å². The number of carboxylic acids is 5. The Hall–Kier alpha value is -6.96. The Kier molecular flexibility index (Phi) is 25.4. The lowest BCUT2D eigenvalue weighted by atomic mass is 9.81. The van der Waals surface area contributed by atoms with E-state index in [-0.39, 0.29) is 115 Å². The van der Waals surface area contributed by atoms with E-state index in [2.05, 4.69) is 26.6 Å². The highest BCUT2D eigenvalue weighted by molar-refractivity contribution is 5.89. The summed E-state index contributed by atoms with van der Waals surface area (Å²) < 4.78 is 4.94. The van der Waals surface area contributed by atoms with Crippen molar-refractivity contribution in [1.29, 1.82) is 0 Å². The minimum Gasteiger partial charge on any atom is -0.481 e. The molecule has 74 heavy (non-hydrogen) atoms. The molecule has 2 fully saturated rings. The summed E-state index contributed by atoms with van der Waals surface area (Å²) in [6.07, 6.45) is 1.28. The van der Waals surface area contributed by atoms with Gasteiger partial charge in [-0.2, -0.15) is 0 Å². The quantitative estimate of drug-likeness (QED) is 0.0296. The summed E-state index contributed by atoms with van der Waals surface area (Å²) in [4.78, 5) is 129. The van der Waals surface area contributed by atoms with Gasteiger partial charge < -0.3 is 56.9 Å². The largest absolute Gasteiger partial charge is 0.481 e. The molecule has 25 nitrogen and oxygen atoms in total. The standard InChI is InChI=1S/C49H71N9O16/c59-32-74-41(54-49(73)53-38(48(71)72)14-15-42(61)62)7-3-4-16-50-47(70)39(26-34-10-11-35-5-1-2-6-37(35)25-34)52-46(69)36-12-8-33(9-13-36)27-51-40(60)28-55-17-19-56(29-43(63)64)21-23-58(31-45(67)68)24-22-57(20-18-55)30-44(65)66/h1-2,5-6,10-11,25,32-33,36,38-39,41H,3-4,7-9,12-24,26-31H2,(H,50,70)(H,51,60)(H,52,69)(H,61,62)(H,63,64)(H,65,66)(H,67,68)(H,71,72)(H2,53,54,73)/t33-,36-,38-,39-,41+/m0/s1. The predicted octanol–water partition coefficient (Wildman–Crippen LogP) is -0.332. The lowest BCUT2D eigenvalue weighted by molar-refractivity contribution is -0.141. The highest BCUT2D eigenvalue weighted by Crippen LogP contribution is 2.29. The molecule has 3 atom stereocenters. The van der Waals surface area contributed by atoms with Crippen LogP contribution in [0.5, 0.6) is 0 Å². The van der Waals surface area contributed by atoms with Gasteiger partial charge in [-0.3, -0.25) is 58.0 Å². The number of fused-ring (bicyclic) bond motifs is 1. The van der Waals surface area contributed by atoms with Gasteiger partial charge >= 0.3 is 35.9 Å². The Balaban J connectivity index is 1.29. The van der Waals surface area contributed by atoms with E-state index >= 15 is 0 Å². The zero-order valence-corrected chi connectivity index (χ0v) is 41.5. The first kappa shape index (κ1) is 59.6. The van der Waals surface area contributed by atoms with Gasteiger partial charge in [-0.05, 0) is 67.2 Å². The number of rotatable bonds is 28.